The monoisotopic (exact) mass is 488 g/mol. The summed E-state index contributed by atoms with van der Waals surface area (Å²) in [6.07, 6.45) is 3.25. The summed E-state index contributed by atoms with van der Waals surface area (Å²) < 4.78 is 0. The van der Waals surface area contributed by atoms with Gasteiger partial charge in [0.1, 0.15) is 5.75 Å². The second kappa shape index (κ2) is 14.2. The van der Waals surface area contributed by atoms with Crippen molar-refractivity contribution in [3.63, 3.8) is 0 Å². The highest BCUT2D eigenvalue weighted by Crippen LogP contribution is 2.16. The van der Waals surface area contributed by atoms with E-state index in [1.54, 1.807) is 36.4 Å². The third-order valence-electron chi connectivity index (χ3n) is 6.22. The molecule has 1 amide bonds. The lowest BCUT2D eigenvalue weighted by Gasteiger charge is -2.21. The molecule has 190 valence electrons. The van der Waals surface area contributed by atoms with Gasteiger partial charge in [-0.25, -0.2) is 0 Å². The van der Waals surface area contributed by atoms with Crippen LogP contribution in [0.1, 0.15) is 23.1 Å². The summed E-state index contributed by atoms with van der Waals surface area (Å²) in [5.41, 5.74) is 9.16. The van der Waals surface area contributed by atoms with Crippen molar-refractivity contribution in [2.45, 2.75) is 43.9 Å². The number of aliphatic hydroxyl groups excluding tert-OH is 2. The molecule has 0 aromatic heterocycles. The summed E-state index contributed by atoms with van der Waals surface area (Å²) >= 11 is 0. The van der Waals surface area contributed by atoms with Gasteiger partial charge in [0.2, 0.25) is 5.91 Å². The molecule has 0 bridgehead atoms. The number of phenols is 1. The van der Waals surface area contributed by atoms with Crippen molar-refractivity contribution in [2.75, 3.05) is 6.54 Å². The molecule has 3 rings (SSSR count). The average molecular weight is 489 g/mol. The van der Waals surface area contributed by atoms with Crippen molar-refractivity contribution in [3.8, 4) is 5.75 Å². The zero-order valence-electron chi connectivity index (χ0n) is 20.4. The number of carbonyl (C=O) groups is 1. The minimum Gasteiger partial charge on any atom is -0.508 e. The number of benzene rings is 3. The first-order valence-electron chi connectivity index (χ1n) is 12.3. The molecule has 6 heteroatoms. The summed E-state index contributed by atoms with van der Waals surface area (Å²) in [4.78, 5) is 13.0. The Morgan fingerprint density at radius 1 is 0.833 bits per heavy atom. The highest BCUT2D eigenvalue weighted by molar-refractivity contribution is 5.79. The van der Waals surface area contributed by atoms with E-state index in [-0.39, 0.29) is 18.1 Å². The fourth-order valence-corrected chi connectivity index (χ4v) is 4.05. The van der Waals surface area contributed by atoms with E-state index in [9.17, 15) is 20.1 Å². The van der Waals surface area contributed by atoms with E-state index in [1.807, 2.05) is 60.7 Å². The Morgan fingerprint density at radius 3 is 2.06 bits per heavy atom. The van der Waals surface area contributed by atoms with Gasteiger partial charge in [0.15, 0.2) is 0 Å². The molecule has 36 heavy (non-hydrogen) atoms. The minimum absolute atomic E-state index is 0.180. The number of aromatic hydroxyl groups is 1. The molecule has 0 saturated heterocycles. The molecule has 4 atom stereocenters. The van der Waals surface area contributed by atoms with Crippen molar-refractivity contribution >= 4 is 5.91 Å². The van der Waals surface area contributed by atoms with Crippen LogP contribution in [0.2, 0.25) is 0 Å². The summed E-state index contributed by atoms with van der Waals surface area (Å²) in [6, 6.07) is 25.7. The van der Waals surface area contributed by atoms with Crippen molar-refractivity contribution < 1.29 is 20.1 Å². The van der Waals surface area contributed by atoms with Gasteiger partial charge in [-0.05, 0) is 54.5 Å². The largest absolute Gasteiger partial charge is 0.508 e. The predicted octanol–water partition coefficient (Wildman–Crippen LogP) is 3.15. The lowest BCUT2D eigenvalue weighted by atomic mass is 9.92. The first-order valence-corrected chi connectivity index (χ1v) is 12.3. The molecular formula is C30H36N2O4. The van der Waals surface area contributed by atoms with E-state index >= 15 is 0 Å². The van der Waals surface area contributed by atoms with Crippen LogP contribution in [0.5, 0.6) is 5.75 Å². The number of nitrogens with one attached hydrogen (secondary N) is 1. The Bertz CT molecular complexity index is 1070. The molecule has 4 unspecified atom stereocenters. The normalized spacial score (nSPS) is 14.8. The van der Waals surface area contributed by atoms with Gasteiger partial charge in [-0.3, -0.25) is 4.79 Å². The number of phenolic OH excluding ortho intramolecular Hbond substituents is 1. The number of rotatable bonds is 13. The molecule has 0 aliphatic heterocycles. The molecule has 0 fully saturated rings. The Kier molecular flexibility index (Phi) is 10.7. The van der Waals surface area contributed by atoms with Crippen LogP contribution < -0.4 is 11.1 Å². The summed E-state index contributed by atoms with van der Waals surface area (Å²) in [7, 11) is 0. The Hall–Kier alpha value is -3.45. The van der Waals surface area contributed by atoms with Gasteiger partial charge < -0.3 is 26.4 Å². The number of aliphatic hydroxyl groups is 2. The fraction of sp³-hybridized carbons (Fsp3) is 0.300. The van der Waals surface area contributed by atoms with Crippen molar-refractivity contribution in [3.05, 3.63) is 114 Å². The SMILES string of the molecule is NC(Cc1ccc(O)cc1)C(O)C/C=C/C(O)C(Cc1ccccc1)C(=O)NCCc1ccccc1. The summed E-state index contributed by atoms with van der Waals surface area (Å²) in [6.45, 7) is 0.482. The number of hydrogen-bond donors (Lipinski definition) is 5. The summed E-state index contributed by atoms with van der Waals surface area (Å²) in [5, 5.41) is 33.7. The zero-order chi connectivity index (χ0) is 25.8. The van der Waals surface area contributed by atoms with Crippen molar-refractivity contribution in [1.82, 2.24) is 5.32 Å². The van der Waals surface area contributed by atoms with E-state index in [4.69, 9.17) is 5.73 Å². The number of hydrogen-bond acceptors (Lipinski definition) is 5. The van der Waals surface area contributed by atoms with Crippen LogP contribution >= 0.6 is 0 Å². The third kappa shape index (κ3) is 8.96. The van der Waals surface area contributed by atoms with Crippen LogP contribution in [-0.4, -0.2) is 46.0 Å². The molecular weight excluding hydrogens is 452 g/mol. The predicted molar refractivity (Wildman–Crippen MR) is 142 cm³/mol. The van der Waals surface area contributed by atoms with Crippen molar-refractivity contribution in [2.24, 2.45) is 11.7 Å². The van der Waals surface area contributed by atoms with Crippen LogP contribution in [0.15, 0.2) is 97.1 Å². The van der Waals surface area contributed by atoms with Gasteiger partial charge in [-0.1, -0.05) is 84.9 Å². The molecule has 0 aliphatic rings. The highest BCUT2D eigenvalue weighted by atomic mass is 16.3. The molecule has 0 heterocycles. The Balaban J connectivity index is 1.56. The van der Waals surface area contributed by atoms with Gasteiger partial charge >= 0.3 is 0 Å². The molecule has 0 spiro atoms. The molecule has 6 nitrogen and oxygen atoms in total. The molecule has 0 aliphatic carbocycles. The first kappa shape index (κ1) is 27.1. The number of carbonyl (C=O) groups excluding carboxylic acids is 1. The summed E-state index contributed by atoms with van der Waals surface area (Å²) in [5.74, 6) is -0.697. The van der Waals surface area contributed by atoms with E-state index in [2.05, 4.69) is 5.32 Å². The van der Waals surface area contributed by atoms with Crippen LogP contribution in [0.4, 0.5) is 0 Å². The van der Waals surface area contributed by atoms with Crippen LogP contribution in [-0.2, 0) is 24.1 Å². The molecule has 3 aromatic rings. The second-order valence-corrected chi connectivity index (χ2v) is 9.08. The van der Waals surface area contributed by atoms with Crippen LogP contribution in [0.3, 0.4) is 0 Å². The van der Waals surface area contributed by atoms with Gasteiger partial charge in [-0.2, -0.15) is 0 Å². The maximum absolute atomic E-state index is 13.0. The standard InChI is InChI=1S/C30H36N2O4/c31-27(21-24-14-16-25(33)17-15-24)29(35)13-7-12-28(34)26(20-23-10-5-2-6-11-23)30(36)32-19-18-22-8-3-1-4-9-22/h1-12,14-17,26-29,33-35H,13,18-21,31H2,(H,32,36)/b12-7+. The molecule has 0 saturated carbocycles. The van der Waals surface area contributed by atoms with Gasteiger partial charge in [0.25, 0.3) is 0 Å². The fourth-order valence-electron chi connectivity index (χ4n) is 4.05. The third-order valence-corrected chi connectivity index (χ3v) is 6.22. The van der Waals surface area contributed by atoms with E-state index < -0.39 is 24.2 Å². The highest BCUT2D eigenvalue weighted by Gasteiger charge is 2.25. The lowest BCUT2D eigenvalue weighted by Crippen LogP contribution is -2.39. The quantitative estimate of drug-likeness (QED) is 0.237. The van der Waals surface area contributed by atoms with Gasteiger partial charge in [-0.15, -0.1) is 0 Å². The number of amides is 1. The van der Waals surface area contributed by atoms with Gasteiger partial charge in [0.05, 0.1) is 18.1 Å². The second-order valence-electron chi connectivity index (χ2n) is 9.08. The maximum Gasteiger partial charge on any atom is 0.226 e. The average Bonchev–Trinajstić information content (AvgIpc) is 2.89. The van der Waals surface area contributed by atoms with Crippen LogP contribution in [0.25, 0.3) is 0 Å². The maximum atomic E-state index is 13.0. The van der Waals surface area contributed by atoms with E-state index in [0.717, 1.165) is 16.7 Å². The topological polar surface area (TPSA) is 116 Å². The first-order chi connectivity index (χ1) is 17.4. The molecule has 0 radical (unpaired) electrons. The smallest absolute Gasteiger partial charge is 0.226 e. The lowest BCUT2D eigenvalue weighted by molar-refractivity contribution is -0.127. The van der Waals surface area contributed by atoms with E-state index in [0.29, 0.717) is 25.8 Å². The molecule has 3 aromatic carbocycles. The minimum atomic E-state index is -1.01. The Morgan fingerprint density at radius 2 is 1.42 bits per heavy atom. The van der Waals surface area contributed by atoms with E-state index in [1.165, 1.54) is 0 Å². The van der Waals surface area contributed by atoms with Crippen LogP contribution in [0, 0.1) is 5.92 Å². The number of nitrogens with two attached hydrogens (primary N) is 1. The zero-order valence-corrected chi connectivity index (χ0v) is 20.4. The van der Waals surface area contributed by atoms with Gasteiger partial charge in [0, 0.05) is 12.6 Å². The Labute approximate surface area is 213 Å². The molecule has 6 N–H and O–H groups in total. The van der Waals surface area contributed by atoms with Crippen molar-refractivity contribution in [1.29, 1.82) is 0 Å².